The molecular weight excluding hydrogens is 405 g/mol. The normalized spacial score (nSPS) is 12.4. The van der Waals surface area contributed by atoms with E-state index in [9.17, 15) is 9.59 Å². The van der Waals surface area contributed by atoms with Crippen LogP contribution in [-0.4, -0.2) is 33.7 Å². The third kappa shape index (κ3) is 3.45. The predicted molar refractivity (Wildman–Crippen MR) is 107 cm³/mol. The lowest BCUT2D eigenvalue weighted by atomic mass is 9.97. The highest BCUT2D eigenvalue weighted by atomic mass is 35.5. The highest BCUT2D eigenvalue weighted by Crippen LogP contribution is 2.39. The van der Waals surface area contributed by atoms with Crippen LogP contribution in [0.3, 0.4) is 0 Å². The summed E-state index contributed by atoms with van der Waals surface area (Å²) >= 11 is 0. The van der Waals surface area contributed by atoms with Crippen molar-refractivity contribution < 1.29 is 23.8 Å². The number of nitrogens with one attached hydrogen (secondary N) is 2. The van der Waals surface area contributed by atoms with Crippen molar-refractivity contribution >= 4 is 52.4 Å². The number of ether oxygens (including phenoxy) is 1. The van der Waals surface area contributed by atoms with Gasteiger partial charge in [-0.3, -0.25) is 10.1 Å². The Morgan fingerprint density at radius 1 is 1.31 bits per heavy atom. The second kappa shape index (κ2) is 7.40. The second-order valence-corrected chi connectivity index (χ2v) is 6.19. The van der Waals surface area contributed by atoms with E-state index in [2.05, 4.69) is 20.6 Å². The van der Waals surface area contributed by atoms with Gasteiger partial charge < -0.3 is 20.9 Å². The summed E-state index contributed by atoms with van der Waals surface area (Å²) < 4.78 is 20.3. The third-order valence-electron chi connectivity index (χ3n) is 4.43. The van der Waals surface area contributed by atoms with Crippen LogP contribution in [0, 0.1) is 12.7 Å². The van der Waals surface area contributed by atoms with Crippen molar-refractivity contribution in [1.29, 1.82) is 0 Å². The summed E-state index contributed by atoms with van der Waals surface area (Å²) in [5.74, 6) is -0.658. The number of pyridine rings is 2. The average Bonchev–Trinajstić information content (AvgIpc) is 2.65. The van der Waals surface area contributed by atoms with Crippen LogP contribution in [0.25, 0.3) is 21.9 Å². The Morgan fingerprint density at radius 2 is 2.07 bits per heavy atom. The van der Waals surface area contributed by atoms with Gasteiger partial charge in [-0.1, -0.05) is 0 Å². The predicted octanol–water partition coefficient (Wildman–Crippen LogP) is 3.17. The molecular formula is C18H15ClFN5O4. The quantitative estimate of drug-likeness (QED) is 0.468. The maximum Gasteiger partial charge on any atom is 0.410 e. The Bertz CT molecular complexity index is 1170. The number of halogens is 2. The first-order valence-corrected chi connectivity index (χ1v) is 8.15. The molecule has 0 bridgehead atoms. The summed E-state index contributed by atoms with van der Waals surface area (Å²) in [6.45, 7) is 1.57. The molecule has 29 heavy (non-hydrogen) atoms. The van der Waals surface area contributed by atoms with Crippen molar-refractivity contribution in [2.24, 2.45) is 0 Å². The number of carboxylic acid groups (broad SMARTS) is 1. The number of anilines is 3. The molecule has 0 saturated carbocycles. The largest absolute Gasteiger partial charge is 0.466 e. The van der Waals surface area contributed by atoms with Gasteiger partial charge in [-0.15, -0.1) is 12.4 Å². The Morgan fingerprint density at radius 3 is 2.79 bits per heavy atom. The van der Waals surface area contributed by atoms with Crippen LogP contribution in [0.4, 0.5) is 26.4 Å². The second-order valence-electron chi connectivity index (χ2n) is 6.19. The fourth-order valence-electron chi connectivity index (χ4n) is 3.09. The molecule has 11 heteroatoms. The maximum atomic E-state index is 15.0. The van der Waals surface area contributed by atoms with Gasteiger partial charge in [0.25, 0.3) is 5.91 Å². The molecule has 0 saturated heterocycles. The number of nitrogen functional groups attached to an aromatic ring is 1. The minimum absolute atomic E-state index is 0. The lowest BCUT2D eigenvalue weighted by molar-refractivity contribution is -0.118. The van der Waals surface area contributed by atoms with Crippen molar-refractivity contribution in [1.82, 2.24) is 9.97 Å². The molecule has 0 atom stereocenters. The van der Waals surface area contributed by atoms with Gasteiger partial charge in [-0.25, -0.2) is 19.2 Å². The minimum atomic E-state index is -1.27. The minimum Gasteiger partial charge on any atom is -0.466 e. The summed E-state index contributed by atoms with van der Waals surface area (Å²) in [6.07, 6.45) is 1.47. The highest BCUT2D eigenvalue weighted by molar-refractivity contribution is 6.01. The van der Waals surface area contributed by atoms with E-state index >= 15 is 4.39 Å². The number of nitrogens with two attached hydrogens (primary N) is 1. The number of hydrogen-bond donors (Lipinski definition) is 4. The SMILES string of the molecule is Cc1c(-c2cc3cc(NC(=O)O)ncc3c(N)c2F)cnc2c1NC(=O)CO2.Cl. The van der Waals surface area contributed by atoms with Gasteiger partial charge in [-0.05, 0) is 30.0 Å². The molecule has 1 aromatic carbocycles. The van der Waals surface area contributed by atoms with Gasteiger partial charge in [0.05, 0.1) is 5.69 Å². The van der Waals surface area contributed by atoms with Crippen molar-refractivity contribution in [3.63, 3.8) is 0 Å². The number of aromatic nitrogens is 2. The van der Waals surface area contributed by atoms with E-state index in [0.717, 1.165) is 0 Å². The molecule has 0 aliphatic carbocycles. The summed E-state index contributed by atoms with van der Waals surface area (Å²) in [4.78, 5) is 30.5. The van der Waals surface area contributed by atoms with E-state index in [1.54, 1.807) is 6.92 Å². The van der Waals surface area contributed by atoms with Gasteiger partial charge in [0.2, 0.25) is 5.88 Å². The molecule has 2 aromatic heterocycles. The van der Waals surface area contributed by atoms with Crippen LogP contribution >= 0.6 is 12.4 Å². The van der Waals surface area contributed by atoms with E-state index in [-0.39, 0.29) is 47.9 Å². The molecule has 3 aromatic rings. The van der Waals surface area contributed by atoms with Crippen molar-refractivity contribution in [2.45, 2.75) is 6.92 Å². The van der Waals surface area contributed by atoms with Crippen LogP contribution in [0.15, 0.2) is 24.5 Å². The number of benzene rings is 1. The summed E-state index contributed by atoms with van der Waals surface area (Å²) in [7, 11) is 0. The summed E-state index contributed by atoms with van der Waals surface area (Å²) in [6, 6.07) is 2.98. The number of rotatable bonds is 2. The Balaban J connectivity index is 0.00000240. The van der Waals surface area contributed by atoms with E-state index in [1.807, 2.05) is 0 Å². The summed E-state index contributed by atoms with van der Waals surface area (Å²) in [5, 5.41) is 14.5. The van der Waals surface area contributed by atoms with Gasteiger partial charge in [0.1, 0.15) is 11.5 Å². The molecule has 150 valence electrons. The zero-order valence-electron chi connectivity index (χ0n) is 14.9. The van der Waals surface area contributed by atoms with Crippen LogP contribution in [-0.2, 0) is 4.79 Å². The van der Waals surface area contributed by atoms with Crippen LogP contribution in [0.1, 0.15) is 5.56 Å². The molecule has 0 unspecified atom stereocenters. The van der Waals surface area contributed by atoms with Gasteiger partial charge >= 0.3 is 6.09 Å². The number of nitrogens with zero attached hydrogens (tertiary/aromatic N) is 2. The number of carbonyl (C=O) groups is 2. The smallest absolute Gasteiger partial charge is 0.410 e. The van der Waals surface area contributed by atoms with Crippen LogP contribution in [0.5, 0.6) is 5.88 Å². The maximum absolute atomic E-state index is 15.0. The lowest BCUT2D eigenvalue weighted by Gasteiger charge is -2.21. The first kappa shape index (κ1) is 20.1. The first-order chi connectivity index (χ1) is 13.3. The fourth-order valence-corrected chi connectivity index (χ4v) is 3.09. The molecule has 1 aliphatic heterocycles. The van der Waals surface area contributed by atoms with Gasteiger partial charge in [0, 0.05) is 28.9 Å². The van der Waals surface area contributed by atoms with Gasteiger partial charge in [0.15, 0.2) is 12.4 Å². The Hall–Kier alpha value is -3.66. The molecule has 4 rings (SSSR count). The zero-order chi connectivity index (χ0) is 20.0. The number of hydrogen-bond acceptors (Lipinski definition) is 6. The van der Waals surface area contributed by atoms with Gasteiger partial charge in [-0.2, -0.15) is 0 Å². The van der Waals surface area contributed by atoms with Crippen molar-refractivity contribution in [3.05, 3.63) is 35.9 Å². The molecule has 3 heterocycles. The molecule has 9 nitrogen and oxygen atoms in total. The Labute approximate surface area is 169 Å². The van der Waals surface area contributed by atoms with Crippen LogP contribution in [0.2, 0.25) is 0 Å². The van der Waals surface area contributed by atoms with Crippen LogP contribution < -0.4 is 21.1 Å². The van der Waals surface area contributed by atoms with E-state index in [4.69, 9.17) is 15.6 Å². The number of fused-ring (bicyclic) bond motifs is 2. The first-order valence-electron chi connectivity index (χ1n) is 8.15. The standard InChI is InChI=1S/C18H14FN5O4.ClH/c1-7-10(4-22-17-16(7)24-13(25)6-28-17)9-2-8-3-12(23-18(26)27)21-5-11(8)15(20)14(9)19;/h2-5H,6,20H2,1H3,(H,21,23)(H,24,25)(H,26,27);1H. The van der Waals surface area contributed by atoms with E-state index in [1.165, 1.54) is 24.5 Å². The highest BCUT2D eigenvalue weighted by Gasteiger charge is 2.23. The molecule has 0 radical (unpaired) electrons. The summed E-state index contributed by atoms with van der Waals surface area (Å²) in [5.41, 5.74) is 7.33. The molecule has 2 amide bonds. The molecule has 1 aliphatic rings. The molecule has 5 N–H and O–H groups in total. The monoisotopic (exact) mass is 419 g/mol. The van der Waals surface area contributed by atoms with Crippen molar-refractivity contribution in [2.75, 3.05) is 23.0 Å². The van der Waals surface area contributed by atoms with Crippen molar-refractivity contribution in [3.8, 4) is 17.0 Å². The van der Waals surface area contributed by atoms with E-state index < -0.39 is 11.9 Å². The fraction of sp³-hybridized carbons (Fsp3) is 0.111. The Kier molecular flexibility index (Phi) is 5.12. The van der Waals surface area contributed by atoms with E-state index in [0.29, 0.717) is 27.6 Å². The average molecular weight is 420 g/mol. The number of amides is 2. The lowest BCUT2D eigenvalue weighted by Crippen LogP contribution is -2.26. The third-order valence-corrected chi connectivity index (χ3v) is 4.43. The topological polar surface area (TPSA) is 139 Å². The molecule has 0 spiro atoms. The molecule has 0 fully saturated rings. The number of carbonyl (C=O) groups excluding carboxylic acids is 1. The zero-order valence-corrected chi connectivity index (χ0v) is 15.8.